The zero-order valence-electron chi connectivity index (χ0n) is 17.7. The maximum Gasteiger partial charge on any atom is 0.315 e. The summed E-state index contributed by atoms with van der Waals surface area (Å²) in [4.78, 5) is 45.6. The molecule has 2 saturated heterocycles. The zero-order chi connectivity index (χ0) is 21.8. The molecule has 0 spiro atoms. The molecule has 10 heteroatoms. The molecule has 0 aromatic heterocycles. The topological polar surface area (TPSA) is 126 Å². The molecule has 2 aliphatic heterocycles. The van der Waals surface area contributed by atoms with E-state index < -0.39 is 0 Å². The summed E-state index contributed by atoms with van der Waals surface area (Å²) < 4.78 is 5.39. The highest BCUT2D eigenvalue weighted by Gasteiger charge is 2.42. The largest absolute Gasteiger partial charge is 0.379 e. The van der Waals surface area contributed by atoms with E-state index in [9.17, 15) is 19.2 Å². The van der Waals surface area contributed by atoms with Crippen LogP contribution in [-0.4, -0.2) is 73.0 Å². The van der Waals surface area contributed by atoms with Gasteiger partial charge in [-0.05, 0) is 19.3 Å². The third kappa shape index (κ3) is 9.34. The van der Waals surface area contributed by atoms with Crippen molar-refractivity contribution in [3.8, 4) is 0 Å². The van der Waals surface area contributed by atoms with Gasteiger partial charge in [-0.25, -0.2) is 4.79 Å². The molecule has 9 nitrogen and oxygen atoms in total. The molecule has 4 N–H and O–H groups in total. The van der Waals surface area contributed by atoms with Gasteiger partial charge in [0.2, 0.25) is 11.8 Å². The van der Waals surface area contributed by atoms with E-state index in [4.69, 9.17) is 4.74 Å². The third-order valence-corrected chi connectivity index (χ3v) is 6.69. The molecule has 0 aliphatic carbocycles. The predicted molar refractivity (Wildman–Crippen MR) is 115 cm³/mol. The molecule has 0 aromatic rings. The third-order valence-electron chi connectivity index (χ3n) is 5.18. The summed E-state index contributed by atoms with van der Waals surface area (Å²) in [6, 6.07) is 0.399. The van der Waals surface area contributed by atoms with E-state index in [-0.39, 0.29) is 35.7 Å². The molecule has 0 bridgehead atoms. The predicted octanol–water partition coefficient (Wildman–Crippen LogP) is 0.721. The van der Waals surface area contributed by atoms with E-state index in [1.54, 1.807) is 0 Å². The van der Waals surface area contributed by atoms with Crippen molar-refractivity contribution in [1.29, 1.82) is 0 Å². The highest BCUT2D eigenvalue weighted by molar-refractivity contribution is 8.00. The van der Waals surface area contributed by atoms with E-state index in [0.717, 1.165) is 25.0 Å². The Morgan fingerprint density at radius 3 is 2.67 bits per heavy atom. The molecular formula is C20H34N4O5S. The Balaban J connectivity index is 1.38. The summed E-state index contributed by atoms with van der Waals surface area (Å²) in [5.74, 6) is 0.997. The van der Waals surface area contributed by atoms with Crippen LogP contribution in [0.4, 0.5) is 4.79 Å². The lowest BCUT2D eigenvalue weighted by Gasteiger charge is -2.16. The number of nitrogens with one attached hydrogen (secondary N) is 4. The van der Waals surface area contributed by atoms with Gasteiger partial charge in [0.05, 0.1) is 25.3 Å². The second kappa shape index (κ2) is 13.5. The Morgan fingerprint density at radius 2 is 1.87 bits per heavy atom. The minimum atomic E-state index is -0.0876. The van der Waals surface area contributed by atoms with Crippen LogP contribution in [0.1, 0.15) is 51.9 Å². The standard InChI is InChI=1S/C20H34N4O5S/c1-14(25)21-9-4-5-15(26)8-11-29-12-10-22-18(27)7-3-2-6-17-19-16(13-30-17)23-20(28)24-19/h16-17,19H,2-13H2,1H3,(H,21,25)(H,22,27)(H2,23,24,28)/t16-,17-,19-/m0/s1. The first-order valence-electron chi connectivity index (χ1n) is 10.7. The van der Waals surface area contributed by atoms with Crippen molar-refractivity contribution in [3.63, 3.8) is 0 Å². The Bertz CT molecular complexity index is 604. The number of hydrogen-bond donors (Lipinski definition) is 4. The summed E-state index contributed by atoms with van der Waals surface area (Å²) >= 11 is 1.89. The highest BCUT2D eigenvalue weighted by Crippen LogP contribution is 2.33. The number of thioether (sulfide) groups is 1. The van der Waals surface area contributed by atoms with Gasteiger partial charge in [0.15, 0.2) is 0 Å². The van der Waals surface area contributed by atoms with Crippen LogP contribution in [0.2, 0.25) is 0 Å². The van der Waals surface area contributed by atoms with Crippen molar-refractivity contribution in [2.24, 2.45) is 0 Å². The van der Waals surface area contributed by atoms with Gasteiger partial charge < -0.3 is 26.0 Å². The SMILES string of the molecule is CC(=O)NCCCC(=O)CCOCCNC(=O)CCCC[C@@H]1SC[C@@H]2NC(=O)N[C@@H]21. The maximum atomic E-state index is 11.9. The quantitative estimate of drug-likeness (QED) is 0.219. The van der Waals surface area contributed by atoms with Gasteiger partial charge in [-0.2, -0.15) is 11.8 Å². The Hall–Kier alpha value is -1.81. The molecule has 0 unspecified atom stereocenters. The zero-order valence-corrected chi connectivity index (χ0v) is 18.5. The lowest BCUT2D eigenvalue weighted by Crippen LogP contribution is -2.36. The molecule has 3 atom stereocenters. The van der Waals surface area contributed by atoms with E-state index in [1.807, 2.05) is 11.8 Å². The average molecular weight is 443 g/mol. The van der Waals surface area contributed by atoms with Crippen LogP contribution < -0.4 is 21.3 Å². The minimum absolute atomic E-state index is 0.0143. The fraction of sp³-hybridized carbons (Fsp3) is 0.800. The summed E-state index contributed by atoms with van der Waals surface area (Å²) in [6.45, 7) is 3.15. The first-order chi connectivity index (χ1) is 14.5. The van der Waals surface area contributed by atoms with Crippen LogP contribution in [-0.2, 0) is 19.1 Å². The number of urea groups is 1. The van der Waals surface area contributed by atoms with Crippen molar-refractivity contribution in [3.05, 3.63) is 0 Å². The Kier molecular flexibility index (Phi) is 11.0. The number of rotatable bonds is 15. The first-order valence-corrected chi connectivity index (χ1v) is 11.8. The van der Waals surface area contributed by atoms with E-state index in [1.165, 1.54) is 6.92 Å². The van der Waals surface area contributed by atoms with Gasteiger partial charge >= 0.3 is 6.03 Å². The van der Waals surface area contributed by atoms with Crippen LogP contribution in [0, 0.1) is 0 Å². The molecule has 2 heterocycles. The van der Waals surface area contributed by atoms with Gasteiger partial charge in [-0.15, -0.1) is 0 Å². The fourth-order valence-corrected chi connectivity index (χ4v) is 5.13. The molecule has 4 amide bonds. The van der Waals surface area contributed by atoms with Gasteiger partial charge in [-0.1, -0.05) is 6.42 Å². The molecule has 2 aliphatic rings. The normalized spacial score (nSPS) is 22.2. The minimum Gasteiger partial charge on any atom is -0.379 e. The molecule has 2 fully saturated rings. The molecule has 0 saturated carbocycles. The van der Waals surface area contributed by atoms with Crippen molar-refractivity contribution in [1.82, 2.24) is 21.3 Å². The van der Waals surface area contributed by atoms with Crippen molar-refractivity contribution < 1.29 is 23.9 Å². The molecule has 170 valence electrons. The number of hydrogen-bond acceptors (Lipinski definition) is 6. The molecule has 0 radical (unpaired) electrons. The summed E-state index contributed by atoms with van der Waals surface area (Å²) in [6.07, 6.45) is 4.71. The van der Waals surface area contributed by atoms with E-state index in [0.29, 0.717) is 57.2 Å². The number of ketones is 1. The number of amides is 4. The van der Waals surface area contributed by atoms with Crippen molar-refractivity contribution in [2.45, 2.75) is 69.2 Å². The first kappa shape index (κ1) is 24.5. The molecule has 0 aromatic carbocycles. The Labute approximate surface area is 182 Å². The average Bonchev–Trinajstić information content (AvgIpc) is 3.24. The smallest absolute Gasteiger partial charge is 0.315 e. The number of carbonyl (C=O) groups is 4. The van der Waals surface area contributed by atoms with Crippen LogP contribution >= 0.6 is 11.8 Å². The molecular weight excluding hydrogens is 408 g/mol. The van der Waals surface area contributed by atoms with Gasteiger partial charge in [-0.3, -0.25) is 14.4 Å². The maximum absolute atomic E-state index is 11.9. The van der Waals surface area contributed by atoms with Crippen molar-refractivity contribution in [2.75, 3.05) is 32.1 Å². The van der Waals surface area contributed by atoms with Crippen LogP contribution in [0.15, 0.2) is 0 Å². The fourth-order valence-electron chi connectivity index (χ4n) is 3.59. The monoisotopic (exact) mass is 442 g/mol. The lowest BCUT2D eigenvalue weighted by atomic mass is 10.0. The summed E-state index contributed by atoms with van der Waals surface area (Å²) in [7, 11) is 0. The van der Waals surface area contributed by atoms with Gasteiger partial charge in [0.1, 0.15) is 5.78 Å². The number of fused-ring (bicyclic) bond motifs is 1. The van der Waals surface area contributed by atoms with E-state index >= 15 is 0 Å². The second-order valence-electron chi connectivity index (χ2n) is 7.71. The summed E-state index contributed by atoms with van der Waals surface area (Å²) in [5.41, 5.74) is 0. The lowest BCUT2D eigenvalue weighted by molar-refractivity contribution is -0.122. The summed E-state index contributed by atoms with van der Waals surface area (Å²) in [5, 5.41) is 11.8. The van der Waals surface area contributed by atoms with Crippen LogP contribution in [0.3, 0.4) is 0 Å². The molecule has 30 heavy (non-hydrogen) atoms. The Morgan fingerprint density at radius 1 is 1.03 bits per heavy atom. The number of unbranched alkanes of at least 4 members (excludes halogenated alkanes) is 1. The second-order valence-corrected chi connectivity index (χ2v) is 8.98. The van der Waals surface area contributed by atoms with Crippen LogP contribution in [0.25, 0.3) is 0 Å². The van der Waals surface area contributed by atoms with Gasteiger partial charge in [0, 0.05) is 50.3 Å². The number of carbonyl (C=O) groups excluding carboxylic acids is 4. The highest BCUT2D eigenvalue weighted by atomic mass is 32.2. The van der Waals surface area contributed by atoms with Crippen LogP contribution in [0.5, 0.6) is 0 Å². The number of Topliss-reactive ketones (excluding diaryl/α,β-unsaturated/α-hetero) is 1. The van der Waals surface area contributed by atoms with E-state index in [2.05, 4.69) is 21.3 Å². The molecule has 2 rings (SSSR count). The van der Waals surface area contributed by atoms with Crippen molar-refractivity contribution >= 4 is 35.4 Å². The van der Waals surface area contributed by atoms with Gasteiger partial charge in [0.25, 0.3) is 0 Å². The number of ether oxygens (including phenoxy) is 1.